The van der Waals surface area contributed by atoms with Crippen LogP contribution in [-0.2, 0) is 24.3 Å². The van der Waals surface area contributed by atoms with Crippen LogP contribution in [-0.4, -0.2) is 38.2 Å². The Morgan fingerprint density at radius 2 is 1.95 bits per heavy atom. The van der Waals surface area contributed by atoms with Crippen LogP contribution in [0, 0.1) is 0 Å². The van der Waals surface area contributed by atoms with E-state index in [1.54, 1.807) is 17.2 Å². The number of fused-ring (bicyclic) bond motifs is 1. The third-order valence-electron chi connectivity index (χ3n) is 3.83. The molecule has 0 bridgehead atoms. The smallest absolute Gasteiger partial charge is 0.305 e. The maximum Gasteiger partial charge on any atom is 0.305 e. The van der Waals surface area contributed by atoms with E-state index in [2.05, 4.69) is 11.2 Å². The van der Waals surface area contributed by atoms with E-state index >= 15 is 0 Å². The second-order valence-electron chi connectivity index (χ2n) is 5.35. The van der Waals surface area contributed by atoms with Crippen LogP contribution in [0.3, 0.4) is 0 Å². The lowest BCUT2D eigenvalue weighted by Crippen LogP contribution is -2.36. The first kappa shape index (κ1) is 14.3. The van der Waals surface area contributed by atoms with Gasteiger partial charge < -0.3 is 10.0 Å². The summed E-state index contributed by atoms with van der Waals surface area (Å²) in [5.74, 6) is -0.986. The van der Waals surface area contributed by atoms with Crippen LogP contribution in [0.1, 0.15) is 28.0 Å². The Hall–Kier alpha value is -2.63. The Kier molecular flexibility index (Phi) is 3.91. The van der Waals surface area contributed by atoms with Crippen molar-refractivity contribution in [2.75, 3.05) is 6.54 Å². The molecule has 1 N–H and O–H groups in total. The molecule has 114 valence electrons. The molecule has 0 saturated heterocycles. The minimum atomic E-state index is -0.879. The summed E-state index contributed by atoms with van der Waals surface area (Å²) in [5, 5.41) is 12.8. The van der Waals surface area contributed by atoms with Gasteiger partial charge in [-0.25, -0.2) is 0 Å². The molecule has 2 heterocycles. The number of aliphatic carboxylic acids is 1. The average Bonchev–Trinajstić information content (AvgIpc) is 3.00. The lowest BCUT2D eigenvalue weighted by molar-refractivity contribution is -0.137. The van der Waals surface area contributed by atoms with Crippen molar-refractivity contribution in [3.05, 3.63) is 53.3 Å². The summed E-state index contributed by atoms with van der Waals surface area (Å²) in [6, 6.07) is 9.77. The molecule has 0 fully saturated rings. The first-order valence-electron chi connectivity index (χ1n) is 7.25. The van der Waals surface area contributed by atoms with Crippen LogP contribution >= 0.6 is 0 Å². The second kappa shape index (κ2) is 6.01. The lowest BCUT2D eigenvalue weighted by atomic mass is 10.00. The topological polar surface area (TPSA) is 75.4 Å². The molecule has 0 spiro atoms. The van der Waals surface area contributed by atoms with Gasteiger partial charge >= 0.3 is 5.97 Å². The zero-order valence-corrected chi connectivity index (χ0v) is 12.1. The summed E-state index contributed by atoms with van der Waals surface area (Å²) in [5.41, 5.74) is 2.83. The van der Waals surface area contributed by atoms with E-state index < -0.39 is 5.97 Å². The molecule has 22 heavy (non-hydrogen) atoms. The molecule has 6 nitrogen and oxygen atoms in total. The zero-order chi connectivity index (χ0) is 15.5. The van der Waals surface area contributed by atoms with Gasteiger partial charge in [-0.3, -0.25) is 14.3 Å². The van der Waals surface area contributed by atoms with Crippen molar-refractivity contribution >= 4 is 11.9 Å². The van der Waals surface area contributed by atoms with Crippen molar-refractivity contribution in [3.63, 3.8) is 0 Å². The molecule has 0 aliphatic carbocycles. The third-order valence-corrected chi connectivity index (χ3v) is 3.83. The lowest BCUT2D eigenvalue weighted by Gasteiger charge is -2.28. The minimum absolute atomic E-state index is 0.00754. The SMILES string of the molecule is O=C(O)CCn1ccc(C(=O)N2CCc3ccccc3C2)n1. The van der Waals surface area contributed by atoms with E-state index in [9.17, 15) is 9.59 Å². The molecule has 2 aromatic rings. The molecule has 0 unspecified atom stereocenters. The number of carboxylic acid groups (broad SMARTS) is 1. The van der Waals surface area contributed by atoms with Crippen LogP contribution < -0.4 is 0 Å². The quantitative estimate of drug-likeness (QED) is 0.929. The fourth-order valence-corrected chi connectivity index (χ4v) is 2.64. The number of hydrogen-bond donors (Lipinski definition) is 1. The van der Waals surface area contributed by atoms with E-state index in [1.807, 2.05) is 18.2 Å². The normalized spacial score (nSPS) is 13.7. The molecule has 1 aliphatic rings. The van der Waals surface area contributed by atoms with E-state index in [0.29, 0.717) is 18.8 Å². The maximum atomic E-state index is 12.5. The monoisotopic (exact) mass is 299 g/mol. The van der Waals surface area contributed by atoms with Crippen LogP contribution in [0.5, 0.6) is 0 Å². The van der Waals surface area contributed by atoms with Crippen molar-refractivity contribution in [3.8, 4) is 0 Å². The Morgan fingerprint density at radius 1 is 1.18 bits per heavy atom. The number of carbonyl (C=O) groups is 2. The molecule has 1 aromatic heterocycles. The van der Waals surface area contributed by atoms with Gasteiger partial charge in [-0.15, -0.1) is 0 Å². The van der Waals surface area contributed by atoms with Crippen molar-refractivity contribution in [1.82, 2.24) is 14.7 Å². The van der Waals surface area contributed by atoms with Crippen molar-refractivity contribution < 1.29 is 14.7 Å². The van der Waals surface area contributed by atoms with Gasteiger partial charge in [0.2, 0.25) is 0 Å². The predicted octanol–water partition coefficient (Wildman–Crippen LogP) is 1.56. The minimum Gasteiger partial charge on any atom is -0.481 e. The third kappa shape index (κ3) is 3.00. The Labute approximate surface area is 128 Å². The molecule has 0 saturated carbocycles. The highest BCUT2D eigenvalue weighted by atomic mass is 16.4. The average molecular weight is 299 g/mol. The molecular weight excluding hydrogens is 282 g/mol. The fourth-order valence-electron chi connectivity index (χ4n) is 2.64. The number of nitrogens with zero attached hydrogens (tertiary/aromatic N) is 3. The number of aryl methyl sites for hydroxylation is 1. The standard InChI is InChI=1S/C16H17N3O3/c20-15(21)7-10-19-9-6-14(17-19)16(22)18-8-5-12-3-1-2-4-13(12)11-18/h1-4,6,9H,5,7-8,10-11H2,(H,20,21). The van der Waals surface area contributed by atoms with Gasteiger partial charge in [0, 0.05) is 19.3 Å². The predicted molar refractivity (Wildman–Crippen MR) is 79.4 cm³/mol. The van der Waals surface area contributed by atoms with Crippen LogP contribution in [0.2, 0.25) is 0 Å². The van der Waals surface area contributed by atoms with E-state index in [1.165, 1.54) is 15.8 Å². The number of hydrogen-bond acceptors (Lipinski definition) is 3. The number of carbonyl (C=O) groups excluding carboxylic acids is 1. The summed E-state index contributed by atoms with van der Waals surface area (Å²) in [7, 11) is 0. The number of carboxylic acids is 1. The molecule has 1 aliphatic heterocycles. The number of aromatic nitrogens is 2. The van der Waals surface area contributed by atoms with Crippen LogP contribution in [0.4, 0.5) is 0 Å². The molecule has 0 radical (unpaired) electrons. The van der Waals surface area contributed by atoms with Gasteiger partial charge in [0.05, 0.1) is 13.0 Å². The first-order valence-corrected chi connectivity index (χ1v) is 7.25. The molecule has 3 rings (SSSR count). The molecule has 6 heteroatoms. The largest absolute Gasteiger partial charge is 0.481 e. The van der Waals surface area contributed by atoms with Crippen molar-refractivity contribution in [2.24, 2.45) is 0 Å². The summed E-state index contributed by atoms with van der Waals surface area (Å²) < 4.78 is 1.50. The molecule has 1 aromatic carbocycles. The van der Waals surface area contributed by atoms with Gasteiger partial charge in [0.25, 0.3) is 5.91 Å². The number of rotatable bonds is 4. The van der Waals surface area contributed by atoms with Gasteiger partial charge in [0.15, 0.2) is 0 Å². The Balaban J connectivity index is 1.68. The van der Waals surface area contributed by atoms with Crippen LogP contribution in [0.25, 0.3) is 0 Å². The first-order chi connectivity index (χ1) is 10.6. The maximum absolute atomic E-state index is 12.5. The molecule has 1 amide bonds. The van der Waals surface area contributed by atoms with Gasteiger partial charge in [0.1, 0.15) is 5.69 Å². The highest BCUT2D eigenvalue weighted by molar-refractivity contribution is 5.92. The van der Waals surface area contributed by atoms with Gasteiger partial charge in [-0.05, 0) is 23.6 Å². The molecule has 0 atom stereocenters. The van der Waals surface area contributed by atoms with E-state index in [0.717, 1.165) is 6.42 Å². The summed E-state index contributed by atoms with van der Waals surface area (Å²) in [6.45, 7) is 1.54. The summed E-state index contributed by atoms with van der Waals surface area (Å²) in [4.78, 5) is 24.8. The molecular formula is C16H17N3O3. The van der Waals surface area contributed by atoms with Crippen LogP contribution in [0.15, 0.2) is 36.5 Å². The van der Waals surface area contributed by atoms with E-state index in [4.69, 9.17) is 5.11 Å². The summed E-state index contributed by atoms with van der Waals surface area (Å²) >= 11 is 0. The fraction of sp³-hybridized carbons (Fsp3) is 0.312. The number of amides is 1. The van der Waals surface area contributed by atoms with Crippen molar-refractivity contribution in [1.29, 1.82) is 0 Å². The zero-order valence-electron chi connectivity index (χ0n) is 12.1. The summed E-state index contributed by atoms with van der Waals surface area (Å²) in [6.07, 6.45) is 2.49. The Morgan fingerprint density at radius 3 is 2.73 bits per heavy atom. The van der Waals surface area contributed by atoms with Gasteiger partial charge in [-0.2, -0.15) is 5.10 Å². The number of benzene rings is 1. The van der Waals surface area contributed by atoms with Gasteiger partial charge in [-0.1, -0.05) is 24.3 Å². The second-order valence-corrected chi connectivity index (χ2v) is 5.35. The highest BCUT2D eigenvalue weighted by Gasteiger charge is 2.23. The Bertz CT molecular complexity index is 708. The highest BCUT2D eigenvalue weighted by Crippen LogP contribution is 2.19. The van der Waals surface area contributed by atoms with E-state index in [-0.39, 0.29) is 18.9 Å². The van der Waals surface area contributed by atoms with Crippen molar-refractivity contribution in [2.45, 2.75) is 25.9 Å².